The van der Waals surface area contributed by atoms with E-state index in [0.717, 1.165) is 135 Å². The molecule has 0 aliphatic carbocycles. The van der Waals surface area contributed by atoms with Crippen molar-refractivity contribution in [3.8, 4) is 0 Å². The second-order valence-corrected chi connectivity index (χ2v) is 20.6. The van der Waals surface area contributed by atoms with Crippen LogP contribution in [0.5, 0.6) is 0 Å². The lowest BCUT2D eigenvalue weighted by molar-refractivity contribution is -0.167. The van der Waals surface area contributed by atoms with E-state index in [1.807, 2.05) is 0 Å². The fourth-order valence-electron chi connectivity index (χ4n) is 8.57. The maximum atomic E-state index is 12.9. The molecule has 0 aromatic carbocycles. The average Bonchev–Trinajstić information content (AvgIpc) is 3.41. The van der Waals surface area contributed by atoms with Gasteiger partial charge in [0.1, 0.15) is 13.2 Å². The van der Waals surface area contributed by atoms with Crippen LogP contribution in [0.1, 0.15) is 290 Å². The summed E-state index contributed by atoms with van der Waals surface area (Å²) < 4.78 is 16.9. The van der Waals surface area contributed by atoms with Gasteiger partial charge < -0.3 is 14.2 Å². The fraction of sp³-hybridized carbons (Fsp3) is 0.696. The number of rotatable bonds is 56. The van der Waals surface area contributed by atoms with Gasteiger partial charge in [0.25, 0.3) is 0 Å². The van der Waals surface area contributed by atoms with Gasteiger partial charge in [0.2, 0.25) is 0 Å². The number of unbranched alkanes of at least 4 members (excludes halogenated alkanes) is 27. The van der Waals surface area contributed by atoms with E-state index in [4.69, 9.17) is 14.2 Å². The first-order chi connectivity index (χ1) is 37.0. The molecule has 0 rings (SSSR count). The van der Waals surface area contributed by atoms with Crippen molar-refractivity contribution in [3.05, 3.63) is 109 Å². The molecule has 0 aliphatic rings. The minimum absolute atomic E-state index is 0.0908. The first kappa shape index (κ1) is 71.1. The molecule has 0 radical (unpaired) electrons. The predicted octanol–water partition coefficient (Wildman–Crippen LogP) is 21.4. The van der Waals surface area contributed by atoms with Crippen molar-refractivity contribution in [1.29, 1.82) is 0 Å². The van der Waals surface area contributed by atoms with Crippen LogP contribution in [0, 0.1) is 0 Å². The van der Waals surface area contributed by atoms with Crippen LogP contribution in [0.3, 0.4) is 0 Å². The van der Waals surface area contributed by atoms with Gasteiger partial charge in [-0.3, -0.25) is 14.4 Å². The van der Waals surface area contributed by atoms with Gasteiger partial charge in [-0.25, -0.2) is 0 Å². The summed E-state index contributed by atoms with van der Waals surface area (Å²) in [5.74, 6) is -0.922. The third-order valence-corrected chi connectivity index (χ3v) is 13.3. The summed E-state index contributed by atoms with van der Waals surface area (Å²) in [6.07, 6.45) is 85.1. The lowest BCUT2D eigenvalue weighted by Crippen LogP contribution is -2.30. The lowest BCUT2D eigenvalue weighted by Gasteiger charge is -2.18. The van der Waals surface area contributed by atoms with Crippen molar-refractivity contribution in [2.45, 2.75) is 297 Å². The molecular weight excluding hydrogens is 925 g/mol. The summed E-state index contributed by atoms with van der Waals surface area (Å²) in [5.41, 5.74) is 0. The van der Waals surface area contributed by atoms with Crippen molar-refractivity contribution in [2.24, 2.45) is 0 Å². The standard InChI is InChI=1S/C69H116O6/c1-4-7-10-13-16-19-22-25-28-30-32-33-34-35-37-38-41-44-47-50-53-56-59-62-68(71)74-65-66(64-73-67(70)61-58-55-52-49-46-43-40-27-24-21-18-15-12-9-6-3)75-69(72)63-60-57-54-51-48-45-42-39-36-31-29-26-23-20-17-14-11-8-5-2/h7,10,16-17,19-20,25-26,28-29,32-33,35-37,39,41,44,66H,4-6,8-9,11-15,18,21-24,27,30-31,34,38,40,42-43,45-65H2,1-3H3/b10-7-,19-16-,20-17-,28-25-,29-26-,33-32-,37-35-,39-36-,44-41-. The molecule has 6 nitrogen and oxygen atoms in total. The molecule has 0 bridgehead atoms. The van der Waals surface area contributed by atoms with E-state index in [-0.39, 0.29) is 31.1 Å². The maximum Gasteiger partial charge on any atom is 0.306 e. The predicted molar refractivity (Wildman–Crippen MR) is 325 cm³/mol. The zero-order chi connectivity index (χ0) is 54.3. The Bertz CT molecular complexity index is 1520. The van der Waals surface area contributed by atoms with Gasteiger partial charge in [-0.05, 0) is 109 Å². The third-order valence-electron chi connectivity index (χ3n) is 13.3. The number of carbonyl (C=O) groups is 3. The average molecular weight is 1040 g/mol. The highest BCUT2D eigenvalue weighted by molar-refractivity contribution is 5.71. The Labute approximate surface area is 463 Å². The Balaban J connectivity index is 4.45. The van der Waals surface area contributed by atoms with Gasteiger partial charge in [-0.2, -0.15) is 0 Å². The number of allylic oxidation sites excluding steroid dienone is 18. The lowest BCUT2D eigenvalue weighted by atomic mass is 10.0. The molecule has 1 unspecified atom stereocenters. The number of hydrogen-bond acceptors (Lipinski definition) is 6. The van der Waals surface area contributed by atoms with Crippen LogP contribution in [-0.2, 0) is 28.6 Å². The molecule has 0 saturated heterocycles. The summed E-state index contributed by atoms with van der Waals surface area (Å²) in [5, 5.41) is 0. The zero-order valence-corrected chi connectivity index (χ0v) is 49.0. The summed E-state index contributed by atoms with van der Waals surface area (Å²) in [6, 6.07) is 0. The van der Waals surface area contributed by atoms with Crippen LogP contribution < -0.4 is 0 Å². The smallest absolute Gasteiger partial charge is 0.306 e. The summed E-state index contributed by atoms with van der Waals surface area (Å²) in [7, 11) is 0. The van der Waals surface area contributed by atoms with Crippen molar-refractivity contribution < 1.29 is 28.6 Å². The number of esters is 3. The van der Waals surface area contributed by atoms with Crippen molar-refractivity contribution in [3.63, 3.8) is 0 Å². The summed E-state index contributed by atoms with van der Waals surface area (Å²) in [6.45, 7) is 6.49. The Morgan fingerprint density at radius 2 is 0.520 bits per heavy atom. The second-order valence-electron chi connectivity index (χ2n) is 20.6. The molecule has 0 amide bonds. The SMILES string of the molecule is CC/C=C\C/C=C\C/C=C\C/C=C\C/C=C\C/C=C\CCCCCCC(=O)OCC(COC(=O)CCCCCCCCCCCCCCCCC)OC(=O)CCCCCCCC/C=C\C/C=C\C/C=C\CCCCC. The van der Waals surface area contributed by atoms with Crippen LogP contribution in [0.15, 0.2) is 109 Å². The molecular formula is C69H116O6. The molecule has 0 fully saturated rings. The number of hydrogen-bond donors (Lipinski definition) is 0. The maximum absolute atomic E-state index is 12.9. The number of carbonyl (C=O) groups excluding carboxylic acids is 3. The molecule has 0 aliphatic heterocycles. The Hall–Kier alpha value is -3.93. The monoisotopic (exact) mass is 1040 g/mol. The van der Waals surface area contributed by atoms with Gasteiger partial charge in [-0.15, -0.1) is 0 Å². The third kappa shape index (κ3) is 60.8. The molecule has 0 N–H and O–H groups in total. The second kappa shape index (κ2) is 62.6. The summed E-state index contributed by atoms with van der Waals surface area (Å²) >= 11 is 0. The molecule has 6 heteroatoms. The van der Waals surface area contributed by atoms with Crippen LogP contribution in [0.2, 0.25) is 0 Å². The quantitative estimate of drug-likeness (QED) is 0.0261. The topological polar surface area (TPSA) is 78.9 Å². The van der Waals surface area contributed by atoms with E-state index in [9.17, 15) is 14.4 Å². The number of ether oxygens (including phenoxy) is 3. The van der Waals surface area contributed by atoms with Gasteiger partial charge in [-0.1, -0.05) is 271 Å². The van der Waals surface area contributed by atoms with Crippen molar-refractivity contribution in [2.75, 3.05) is 13.2 Å². The van der Waals surface area contributed by atoms with Crippen molar-refractivity contribution in [1.82, 2.24) is 0 Å². The zero-order valence-electron chi connectivity index (χ0n) is 49.0. The van der Waals surface area contributed by atoms with Gasteiger partial charge in [0, 0.05) is 19.3 Å². The first-order valence-corrected chi connectivity index (χ1v) is 31.4. The highest BCUT2D eigenvalue weighted by Gasteiger charge is 2.19. The molecule has 0 saturated carbocycles. The molecule has 1 atom stereocenters. The minimum Gasteiger partial charge on any atom is -0.462 e. The van der Waals surface area contributed by atoms with Gasteiger partial charge >= 0.3 is 17.9 Å². The highest BCUT2D eigenvalue weighted by Crippen LogP contribution is 2.16. The molecule has 75 heavy (non-hydrogen) atoms. The molecule has 0 spiro atoms. The van der Waals surface area contributed by atoms with Gasteiger partial charge in [0.05, 0.1) is 0 Å². The van der Waals surface area contributed by atoms with Crippen LogP contribution in [0.4, 0.5) is 0 Å². The minimum atomic E-state index is -0.798. The first-order valence-electron chi connectivity index (χ1n) is 31.4. The van der Waals surface area contributed by atoms with E-state index in [0.29, 0.717) is 19.3 Å². The van der Waals surface area contributed by atoms with E-state index < -0.39 is 6.10 Å². The molecule has 0 aromatic heterocycles. The largest absolute Gasteiger partial charge is 0.462 e. The van der Waals surface area contributed by atoms with E-state index in [2.05, 4.69) is 130 Å². The Kier molecular flexibility index (Phi) is 59.3. The van der Waals surface area contributed by atoms with Crippen LogP contribution >= 0.6 is 0 Å². The molecule has 0 heterocycles. The Morgan fingerprint density at radius 1 is 0.280 bits per heavy atom. The Morgan fingerprint density at radius 3 is 0.840 bits per heavy atom. The fourth-order valence-corrected chi connectivity index (χ4v) is 8.57. The molecule has 428 valence electrons. The van der Waals surface area contributed by atoms with E-state index >= 15 is 0 Å². The van der Waals surface area contributed by atoms with Crippen LogP contribution in [-0.4, -0.2) is 37.2 Å². The van der Waals surface area contributed by atoms with Crippen molar-refractivity contribution >= 4 is 17.9 Å². The van der Waals surface area contributed by atoms with E-state index in [1.165, 1.54) is 116 Å². The normalized spacial score (nSPS) is 12.8. The highest BCUT2D eigenvalue weighted by atomic mass is 16.6. The van der Waals surface area contributed by atoms with Crippen LogP contribution in [0.25, 0.3) is 0 Å². The molecule has 0 aromatic rings. The van der Waals surface area contributed by atoms with E-state index in [1.54, 1.807) is 0 Å². The summed E-state index contributed by atoms with van der Waals surface area (Å²) in [4.78, 5) is 38.3. The van der Waals surface area contributed by atoms with Gasteiger partial charge in [0.15, 0.2) is 6.10 Å².